The zero-order valence-corrected chi connectivity index (χ0v) is 15.3. The molecular formula is C21H23N5O. The number of hydrogen-bond donors (Lipinski definition) is 0. The van der Waals surface area contributed by atoms with Crippen molar-refractivity contribution in [3.8, 4) is 0 Å². The van der Waals surface area contributed by atoms with E-state index in [0.29, 0.717) is 5.69 Å². The minimum atomic E-state index is -0.00535. The molecule has 27 heavy (non-hydrogen) atoms. The Morgan fingerprint density at radius 2 is 1.89 bits per heavy atom. The molecule has 0 saturated carbocycles. The molecule has 0 aliphatic carbocycles. The van der Waals surface area contributed by atoms with E-state index >= 15 is 0 Å². The van der Waals surface area contributed by atoms with E-state index in [-0.39, 0.29) is 11.9 Å². The molecule has 2 aliphatic heterocycles. The van der Waals surface area contributed by atoms with E-state index in [9.17, 15) is 4.79 Å². The molecule has 3 aromatic rings. The molecule has 1 fully saturated rings. The van der Waals surface area contributed by atoms with Crippen LogP contribution < -0.4 is 0 Å². The van der Waals surface area contributed by atoms with Crippen molar-refractivity contribution in [3.05, 3.63) is 53.7 Å². The van der Waals surface area contributed by atoms with Crippen LogP contribution in [0.2, 0.25) is 0 Å². The van der Waals surface area contributed by atoms with E-state index < -0.39 is 0 Å². The predicted molar refractivity (Wildman–Crippen MR) is 102 cm³/mol. The summed E-state index contributed by atoms with van der Waals surface area (Å²) in [5.74, 6) is 2.03. The minimum Gasteiger partial charge on any atom is -0.327 e. The van der Waals surface area contributed by atoms with E-state index in [4.69, 9.17) is 0 Å². The minimum absolute atomic E-state index is 0.00474. The van der Waals surface area contributed by atoms with Gasteiger partial charge >= 0.3 is 0 Å². The predicted octanol–water partition coefficient (Wildman–Crippen LogP) is 3.53. The number of nitrogens with zero attached hydrogens (tertiary/aromatic N) is 5. The van der Waals surface area contributed by atoms with Crippen molar-refractivity contribution in [2.75, 3.05) is 6.54 Å². The SMILES string of the molecule is O=C(c1ccc2ccccc2n1)N1CCCC1c1nnc2n1CCCCC2. The highest BCUT2D eigenvalue weighted by molar-refractivity contribution is 5.95. The molecule has 0 N–H and O–H groups in total. The normalized spacial score (nSPS) is 19.9. The summed E-state index contributed by atoms with van der Waals surface area (Å²) in [6.45, 7) is 1.71. The number of fused-ring (bicyclic) bond motifs is 2. The van der Waals surface area contributed by atoms with Gasteiger partial charge < -0.3 is 9.47 Å². The van der Waals surface area contributed by atoms with Gasteiger partial charge in [0, 0.05) is 24.9 Å². The Labute approximate surface area is 158 Å². The standard InChI is InChI=1S/C21H23N5O/c27-21(17-12-11-15-7-3-4-8-16(15)22-17)25-14-6-9-18(25)20-24-23-19-10-2-1-5-13-26(19)20/h3-4,7-8,11-12,18H,1-2,5-6,9-10,13-14H2. The molecule has 0 radical (unpaired) electrons. The van der Waals surface area contributed by atoms with Crippen molar-refractivity contribution in [1.29, 1.82) is 0 Å². The van der Waals surface area contributed by atoms with Crippen molar-refractivity contribution in [1.82, 2.24) is 24.6 Å². The van der Waals surface area contributed by atoms with Crippen LogP contribution in [0.4, 0.5) is 0 Å². The first kappa shape index (κ1) is 16.4. The topological polar surface area (TPSA) is 63.9 Å². The van der Waals surface area contributed by atoms with E-state index in [1.54, 1.807) is 0 Å². The number of benzene rings is 1. The number of rotatable bonds is 2. The second-order valence-electron chi connectivity index (χ2n) is 7.48. The fourth-order valence-electron chi connectivity index (χ4n) is 4.36. The number of aryl methyl sites for hydroxylation is 1. The second-order valence-corrected chi connectivity index (χ2v) is 7.48. The molecule has 0 bridgehead atoms. The third-order valence-corrected chi connectivity index (χ3v) is 5.77. The summed E-state index contributed by atoms with van der Waals surface area (Å²) in [7, 11) is 0. The van der Waals surface area contributed by atoms with E-state index in [0.717, 1.165) is 61.3 Å². The number of aromatic nitrogens is 4. The van der Waals surface area contributed by atoms with Crippen LogP contribution in [-0.2, 0) is 13.0 Å². The van der Waals surface area contributed by atoms with Gasteiger partial charge in [-0.1, -0.05) is 30.7 Å². The first-order valence-corrected chi connectivity index (χ1v) is 9.90. The summed E-state index contributed by atoms with van der Waals surface area (Å²) in [5, 5.41) is 9.98. The zero-order valence-electron chi connectivity index (χ0n) is 15.3. The molecule has 1 unspecified atom stereocenters. The summed E-state index contributed by atoms with van der Waals surface area (Å²) in [5.41, 5.74) is 1.37. The Balaban J connectivity index is 1.47. The highest BCUT2D eigenvalue weighted by Gasteiger charge is 2.35. The maximum Gasteiger partial charge on any atom is 0.273 e. The first-order valence-electron chi connectivity index (χ1n) is 9.90. The van der Waals surface area contributed by atoms with Crippen LogP contribution in [0.5, 0.6) is 0 Å². The van der Waals surface area contributed by atoms with Gasteiger partial charge in [0.05, 0.1) is 11.6 Å². The van der Waals surface area contributed by atoms with E-state index in [1.165, 1.54) is 12.8 Å². The monoisotopic (exact) mass is 361 g/mol. The maximum absolute atomic E-state index is 13.2. The molecule has 4 heterocycles. The molecule has 1 amide bonds. The van der Waals surface area contributed by atoms with Crippen molar-refractivity contribution < 1.29 is 4.79 Å². The Kier molecular flexibility index (Phi) is 4.11. The van der Waals surface area contributed by atoms with Gasteiger partial charge in [-0.25, -0.2) is 4.98 Å². The third-order valence-electron chi connectivity index (χ3n) is 5.77. The Bertz CT molecular complexity index is 995. The maximum atomic E-state index is 13.2. The van der Waals surface area contributed by atoms with Crippen LogP contribution in [0, 0.1) is 0 Å². The van der Waals surface area contributed by atoms with Crippen molar-refractivity contribution in [2.24, 2.45) is 0 Å². The van der Waals surface area contributed by atoms with Gasteiger partial charge in [-0.2, -0.15) is 0 Å². The second kappa shape index (κ2) is 6.76. The number of carbonyl (C=O) groups is 1. The fourth-order valence-corrected chi connectivity index (χ4v) is 4.36. The highest BCUT2D eigenvalue weighted by atomic mass is 16.2. The van der Waals surface area contributed by atoms with Crippen molar-refractivity contribution >= 4 is 16.8 Å². The van der Waals surface area contributed by atoms with Gasteiger partial charge in [-0.3, -0.25) is 4.79 Å². The van der Waals surface area contributed by atoms with Crippen LogP contribution >= 0.6 is 0 Å². The van der Waals surface area contributed by atoms with Gasteiger partial charge in [0.2, 0.25) is 0 Å². The zero-order chi connectivity index (χ0) is 18.2. The molecule has 2 aliphatic rings. The lowest BCUT2D eigenvalue weighted by molar-refractivity contribution is 0.0721. The molecule has 2 aromatic heterocycles. The highest BCUT2D eigenvalue weighted by Crippen LogP contribution is 2.33. The smallest absolute Gasteiger partial charge is 0.273 e. The number of pyridine rings is 1. The summed E-state index contributed by atoms with van der Waals surface area (Å²) >= 11 is 0. The Morgan fingerprint density at radius 1 is 0.963 bits per heavy atom. The number of para-hydroxylation sites is 1. The third kappa shape index (κ3) is 2.89. The average Bonchev–Trinajstić information content (AvgIpc) is 3.27. The quantitative estimate of drug-likeness (QED) is 0.700. The summed E-state index contributed by atoms with van der Waals surface area (Å²) < 4.78 is 2.26. The molecule has 1 saturated heterocycles. The van der Waals surface area contributed by atoms with E-state index in [2.05, 4.69) is 19.7 Å². The number of amides is 1. The summed E-state index contributed by atoms with van der Waals surface area (Å²) in [6.07, 6.45) is 6.48. The van der Waals surface area contributed by atoms with Crippen LogP contribution in [0.3, 0.4) is 0 Å². The lowest BCUT2D eigenvalue weighted by atomic mass is 10.1. The number of hydrogen-bond acceptors (Lipinski definition) is 4. The summed E-state index contributed by atoms with van der Waals surface area (Å²) in [6, 6.07) is 11.7. The Hall–Kier alpha value is -2.76. The lowest BCUT2D eigenvalue weighted by Crippen LogP contribution is -2.32. The van der Waals surface area contributed by atoms with Crippen LogP contribution in [0.25, 0.3) is 10.9 Å². The molecular weight excluding hydrogens is 338 g/mol. The van der Waals surface area contributed by atoms with E-state index in [1.807, 2.05) is 41.3 Å². The van der Waals surface area contributed by atoms with Crippen molar-refractivity contribution in [3.63, 3.8) is 0 Å². The fraction of sp³-hybridized carbons (Fsp3) is 0.429. The molecule has 6 heteroatoms. The van der Waals surface area contributed by atoms with Crippen LogP contribution in [0.15, 0.2) is 36.4 Å². The van der Waals surface area contributed by atoms with Gasteiger partial charge in [0.1, 0.15) is 11.5 Å². The van der Waals surface area contributed by atoms with Crippen LogP contribution in [-0.4, -0.2) is 37.1 Å². The number of likely N-dealkylation sites (tertiary alicyclic amines) is 1. The van der Waals surface area contributed by atoms with Crippen LogP contribution in [0.1, 0.15) is 60.3 Å². The molecule has 1 atom stereocenters. The summed E-state index contributed by atoms with van der Waals surface area (Å²) in [4.78, 5) is 19.8. The largest absolute Gasteiger partial charge is 0.327 e. The molecule has 5 rings (SSSR count). The number of carbonyl (C=O) groups excluding carboxylic acids is 1. The molecule has 6 nitrogen and oxygen atoms in total. The lowest BCUT2D eigenvalue weighted by Gasteiger charge is -2.24. The molecule has 1 aromatic carbocycles. The average molecular weight is 361 g/mol. The van der Waals surface area contributed by atoms with Gasteiger partial charge in [-0.15, -0.1) is 10.2 Å². The van der Waals surface area contributed by atoms with Gasteiger partial charge in [0.25, 0.3) is 5.91 Å². The molecule has 138 valence electrons. The van der Waals surface area contributed by atoms with Gasteiger partial charge in [-0.05, 0) is 37.8 Å². The van der Waals surface area contributed by atoms with Gasteiger partial charge in [0.15, 0.2) is 5.82 Å². The Morgan fingerprint density at radius 3 is 2.85 bits per heavy atom. The first-order chi connectivity index (χ1) is 13.3. The van der Waals surface area contributed by atoms with Crippen molar-refractivity contribution in [2.45, 2.75) is 51.1 Å². The molecule has 0 spiro atoms.